The Hall–Kier alpha value is -1.80. The van der Waals surface area contributed by atoms with Gasteiger partial charge in [0.25, 0.3) is 0 Å². The molecule has 0 saturated carbocycles. The van der Waals surface area contributed by atoms with Crippen LogP contribution in [0.15, 0.2) is 22.7 Å². The van der Waals surface area contributed by atoms with Gasteiger partial charge in [0.2, 0.25) is 16.9 Å². The average molecular weight is 411 g/mol. The van der Waals surface area contributed by atoms with Crippen LogP contribution in [0.5, 0.6) is 0 Å². The van der Waals surface area contributed by atoms with Crippen LogP contribution in [0.1, 0.15) is 43.2 Å². The smallest absolute Gasteiger partial charge is 0.226 e. The number of carbonyl (C=O) groups is 2. The number of aryl methyl sites for hydroxylation is 1. The lowest BCUT2D eigenvalue weighted by molar-refractivity contribution is -0.121. The van der Waals surface area contributed by atoms with E-state index < -0.39 is 0 Å². The van der Waals surface area contributed by atoms with Crippen molar-refractivity contribution in [2.24, 2.45) is 0 Å². The van der Waals surface area contributed by atoms with Gasteiger partial charge in [-0.2, -0.15) is 0 Å². The van der Waals surface area contributed by atoms with Gasteiger partial charge in [-0.3, -0.25) is 9.59 Å². The largest absolute Gasteiger partial charge is 0.326 e. The first-order valence-corrected chi connectivity index (χ1v) is 9.15. The molecule has 0 atom stereocenters. The van der Waals surface area contributed by atoms with E-state index in [9.17, 15) is 9.59 Å². The minimum absolute atomic E-state index is 0.0952. The maximum absolute atomic E-state index is 11.9. The zero-order chi connectivity index (χ0) is 17.7. The predicted molar refractivity (Wildman–Crippen MR) is 99.4 cm³/mol. The molecule has 0 spiro atoms. The second-order valence-electron chi connectivity index (χ2n) is 5.66. The van der Waals surface area contributed by atoms with E-state index in [-0.39, 0.29) is 30.6 Å². The molecule has 0 fully saturated rings. The van der Waals surface area contributed by atoms with Crippen LogP contribution >= 0.6 is 27.3 Å². The summed E-state index contributed by atoms with van der Waals surface area (Å²) in [6, 6.07) is 5.56. The number of hydrogen-bond acceptors (Lipinski definition) is 5. The molecule has 2 amide bonds. The Labute approximate surface area is 153 Å². The fourth-order valence-electron chi connectivity index (χ4n) is 1.87. The highest BCUT2D eigenvalue weighted by Crippen LogP contribution is 2.23. The zero-order valence-electron chi connectivity index (χ0n) is 13.7. The average Bonchev–Trinajstić information content (AvgIpc) is 2.98. The molecule has 2 aromatic rings. The molecule has 8 heteroatoms. The molecule has 0 bridgehead atoms. The summed E-state index contributed by atoms with van der Waals surface area (Å²) in [6.45, 7) is 5.97. The minimum atomic E-state index is -0.247. The molecule has 2 N–H and O–H groups in total. The summed E-state index contributed by atoms with van der Waals surface area (Å²) in [5.74, 6) is -0.177. The van der Waals surface area contributed by atoms with Gasteiger partial charge in [-0.1, -0.05) is 41.1 Å². The SMILES string of the molecule is Cc1cc(NC(=O)CCC(=O)Nc2nnc(C(C)C)s2)ccc1Br. The second kappa shape index (κ2) is 8.34. The van der Waals surface area contributed by atoms with Crippen molar-refractivity contribution < 1.29 is 9.59 Å². The Balaban J connectivity index is 1.80. The molecule has 0 aliphatic rings. The molecule has 0 aliphatic heterocycles. The van der Waals surface area contributed by atoms with Crippen molar-refractivity contribution in [1.82, 2.24) is 10.2 Å². The third kappa shape index (κ3) is 5.38. The minimum Gasteiger partial charge on any atom is -0.326 e. The first kappa shape index (κ1) is 18.5. The van der Waals surface area contributed by atoms with E-state index in [2.05, 4.69) is 36.8 Å². The van der Waals surface area contributed by atoms with E-state index in [4.69, 9.17) is 0 Å². The van der Waals surface area contributed by atoms with Gasteiger partial charge >= 0.3 is 0 Å². The number of nitrogens with zero attached hydrogens (tertiary/aromatic N) is 2. The summed E-state index contributed by atoms with van der Waals surface area (Å²) in [5, 5.41) is 14.7. The van der Waals surface area contributed by atoms with Crippen LogP contribution in [0.4, 0.5) is 10.8 Å². The number of nitrogens with one attached hydrogen (secondary N) is 2. The first-order chi connectivity index (χ1) is 11.3. The fourth-order valence-corrected chi connectivity index (χ4v) is 2.88. The fraction of sp³-hybridized carbons (Fsp3) is 0.375. The highest BCUT2D eigenvalue weighted by molar-refractivity contribution is 9.10. The number of benzene rings is 1. The second-order valence-corrected chi connectivity index (χ2v) is 7.52. The zero-order valence-corrected chi connectivity index (χ0v) is 16.1. The molecule has 2 rings (SSSR count). The highest BCUT2D eigenvalue weighted by Gasteiger charge is 2.12. The summed E-state index contributed by atoms with van der Waals surface area (Å²) in [7, 11) is 0. The third-order valence-corrected chi connectivity index (χ3v) is 5.23. The summed E-state index contributed by atoms with van der Waals surface area (Å²) in [5.41, 5.74) is 1.74. The van der Waals surface area contributed by atoms with Gasteiger partial charge in [0.05, 0.1) is 0 Å². The summed E-state index contributed by atoms with van der Waals surface area (Å²) in [4.78, 5) is 23.8. The van der Waals surface area contributed by atoms with Crippen LogP contribution in [0.25, 0.3) is 0 Å². The van der Waals surface area contributed by atoms with Crippen molar-refractivity contribution in [2.45, 2.75) is 39.5 Å². The number of aromatic nitrogens is 2. The number of carbonyl (C=O) groups excluding carboxylic acids is 2. The maximum Gasteiger partial charge on any atom is 0.226 e. The van der Waals surface area contributed by atoms with Crippen LogP contribution in [0.2, 0.25) is 0 Å². The molecule has 0 radical (unpaired) electrons. The van der Waals surface area contributed by atoms with E-state index >= 15 is 0 Å². The molecule has 128 valence electrons. The molecule has 24 heavy (non-hydrogen) atoms. The third-order valence-electron chi connectivity index (χ3n) is 3.20. The van der Waals surface area contributed by atoms with Crippen molar-refractivity contribution >= 4 is 49.9 Å². The molecular formula is C16H19BrN4O2S. The van der Waals surface area contributed by atoms with Gasteiger partial charge in [0, 0.05) is 28.9 Å². The number of halogens is 1. The number of hydrogen-bond donors (Lipinski definition) is 2. The Kier molecular flexibility index (Phi) is 6.44. The van der Waals surface area contributed by atoms with Crippen LogP contribution in [-0.4, -0.2) is 22.0 Å². The van der Waals surface area contributed by atoms with Gasteiger partial charge in [-0.05, 0) is 30.7 Å². The topological polar surface area (TPSA) is 84.0 Å². The molecular weight excluding hydrogens is 392 g/mol. The van der Waals surface area contributed by atoms with E-state index in [0.29, 0.717) is 10.8 Å². The van der Waals surface area contributed by atoms with E-state index in [0.717, 1.165) is 15.0 Å². The standard InChI is InChI=1S/C16H19BrN4O2S/c1-9(2)15-20-21-16(24-15)19-14(23)7-6-13(22)18-11-4-5-12(17)10(3)8-11/h4-5,8-9H,6-7H2,1-3H3,(H,18,22)(H,19,21,23). The molecule has 6 nitrogen and oxygen atoms in total. The molecule has 1 heterocycles. The highest BCUT2D eigenvalue weighted by atomic mass is 79.9. The Morgan fingerprint density at radius 1 is 1.17 bits per heavy atom. The monoisotopic (exact) mass is 410 g/mol. The molecule has 0 saturated heterocycles. The predicted octanol–water partition coefficient (Wildman–Crippen LogP) is 4.09. The van der Waals surface area contributed by atoms with E-state index in [1.807, 2.05) is 39.0 Å². The van der Waals surface area contributed by atoms with Crippen LogP contribution in [0.3, 0.4) is 0 Å². The van der Waals surface area contributed by atoms with Crippen LogP contribution in [0, 0.1) is 6.92 Å². The lowest BCUT2D eigenvalue weighted by atomic mass is 10.2. The molecule has 1 aromatic carbocycles. The molecule has 0 unspecified atom stereocenters. The summed E-state index contributed by atoms with van der Waals surface area (Å²) >= 11 is 4.76. The van der Waals surface area contributed by atoms with Gasteiger partial charge in [0.1, 0.15) is 5.01 Å². The van der Waals surface area contributed by atoms with Gasteiger partial charge in [-0.15, -0.1) is 10.2 Å². The van der Waals surface area contributed by atoms with Crippen molar-refractivity contribution in [3.63, 3.8) is 0 Å². The van der Waals surface area contributed by atoms with Crippen molar-refractivity contribution in [3.05, 3.63) is 33.2 Å². The lowest BCUT2D eigenvalue weighted by Crippen LogP contribution is -2.17. The maximum atomic E-state index is 11.9. The van der Waals surface area contributed by atoms with Gasteiger partial charge < -0.3 is 10.6 Å². The number of anilines is 2. The normalized spacial score (nSPS) is 10.7. The first-order valence-electron chi connectivity index (χ1n) is 7.54. The quantitative estimate of drug-likeness (QED) is 0.750. The van der Waals surface area contributed by atoms with Crippen LogP contribution < -0.4 is 10.6 Å². The number of amides is 2. The van der Waals surface area contributed by atoms with Crippen molar-refractivity contribution in [2.75, 3.05) is 10.6 Å². The van der Waals surface area contributed by atoms with Crippen molar-refractivity contribution in [1.29, 1.82) is 0 Å². The van der Waals surface area contributed by atoms with Crippen molar-refractivity contribution in [3.8, 4) is 0 Å². The molecule has 0 aliphatic carbocycles. The van der Waals surface area contributed by atoms with Crippen LogP contribution in [-0.2, 0) is 9.59 Å². The Bertz CT molecular complexity index is 745. The Morgan fingerprint density at radius 3 is 2.42 bits per heavy atom. The van der Waals surface area contributed by atoms with E-state index in [1.54, 1.807) is 0 Å². The summed E-state index contributed by atoms with van der Waals surface area (Å²) < 4.78 is 0.984. The summed E-state index contributed by atoms with van der Waals surface area (Å²) in [6.07, 6.45) is 0.203. The van der Waals surface area contributed by atoms with Gasteiger partial charge in [0.15, 0.2) is 0 Å². The number of rotatable bonds is 6. The van der Waals surface area contributed by atoms with Gasteiger partial charge in [-0.25, -0.2) is 0 Å². The Morgan fingerprint density at radius 2 is 1.83 bits per heavy atom. The lowest BCUT2D eigenvalue weighted by Gasteiger charge is -2.07. The molecule has 1 aromatic heterocycles. The van der Waals surface area contributed by atoms with E-state index in [1.165, 1.54) is 11.3 Å².